The molecular weight excluding hydrogens is 473 g/mol. The monoisotopic (exact) mass is 505 g/mol. The molecule has 2 aliphatic heterocycles. The van der Waals surface area contributed by atoms with E-state index in [0.717, 1.165) is 69.7 Å². The Bertz CT molecular complexity index is 930. The van der Waals surface area contributed by atoms with E-state index in [-0.39, 0.29) is 18.1 Å². The van der Waals surface area contributed by atoms with E-state index in [1.165, 1.54) is 7.11 Å². The van der Waals surface area contributed by atoms with Crippen LogP contribution in [0.1, 0.15) is 31.2 Å². The fraction of sp³-hybridized carbons (Fsp3) is 0.538. The van der Waals surface area contributed by atoms with Gasteiger partial charge in [-0.25, -0.2) is 0 Å². The Morgan fingerprint density at radius 3 is 2.38 bits per heavy atom. The molecule has 2 aromatic rings. The van der Waals surface area contributed by atoms with Gasteiger partial charge in [-0.2, -0.15) is 0 Å². The lowest BCUT2D eigenvalue weighted by Crippen LogP contribution is -2.49. The average Bonchev–Trinajstić information content (AvgIpc) is 2.87. The van der Waals surface area contributed by atoms with Gasteiger partial charge >= 0.3 is 5.97 Å². The molecule has 1 atom stereocenters. The molecule has 2 aliphatic rings. The number of ether oxygens (including phenoxy) is 2. The highest BCUT2D eigenvalue weighted by Crippen LogP contribution is 2.29. The van der Waals surface area contributed by atoms with E-state index in [0.29, 0.717) is 22.4 Å². The standard InChI is InChI=1S/C26H33Cl2N3O3/c1-33-26(32)25(16-19-4-10-29-11-5-19)31-14-6-20(7-15-31)18-30-12-8-21(9-13-30)34-22-2-3-23(27)24(28)17-22/h2-5,10-11,17,20-21,25H,6-9,12-16,18H2,1H3/t25-/m0/s1. The predicted octanol–water partition coefficient (Wildman–Crippen LogP) is 4.73. The molecule has 6 nitrogen and oxygen atoms in total. The lowest BCUT2D eigenvalue weighted by Gasteiger charge is -2.39. The minimum Gasteiger partial charge on any atom is -0.490 e. The first-order valence-electron chi connectivity index (χ1n) is 12.1. The number of benzene rings is 1. The highest BCUT2D eigenvalue weighted by molar-refractivity contribution is 6.42. The molecule has 1 aromatic heterocycles. The van der Waals surface area contributed by atoms with Crippen LogP contribution < -0.4 is 4.74 Å². The molecule has 0 radical (unpaired) electrons. The molecule has 34 heavy (non-hydrogen) atoms. The first kappa shape index (κ1) is 25.2. The van der Waals surface area contributed by atoms with Crippen LogP contribution in [-0.2, 0) is 16.0 Å². The molecule has 0 spiro atoms. The summed E-state index contributed by atoms with van der Waals surface area (Å²) < 4.78 is 11.2. The minimum absolute atomic E-state index is 0.153. The molecule has 2 fully saturated rings. The van der Waals surface area contributed by atoms with E-state index in [1.54, 1.807) is 24.5 Å². The number of carbonyl (C=O) groups is 1. The number of pyridine rings is 1. The van der Waals surface area contributed by atoms with Crippen molar-refractivity contribution >= 4 is 29.2 Å². The van der Waals surface area contributed by atoms with Crippen LogP contribution in [0.25, 0.3) is 0 Å². The Kier molecular flexibility index (Phi) is 9.06. The van der Waals surface area contributed by atoms with E-state index in [2.05, 4.69) is 14.8 Å². The summed E-state index contributed by atoms with van der Waals surface area (Å²) in [5.41, 5.74) is 1.11. The van der Waals surface area contributed by atoms with Crippen molar-refractivity contribution < 1.29 is 14.3 Å². The number of aromatic nitrogens is 1. The number of hydrogen-bond donors (Lipinski definition) is 0. The topological polar surface area (TPSA) is 54.9 Å². The summed E-state index contributed by atoms with van der Waals surface area (Å²) in [4.78, 5) is 21.4. The van der Waals surface area contributed by atoms with Crippen molar-refractivity contribution in [3.8, 4) is 5.75 Å². The third-order valence-electron chi connectivity index (χ3n) is 6.99. The summed E-state index contributed by atoms with van der Waals surface area (Å²) in [6.07, 6.45) is 8.64. The maximum atomic E-state index is 12.5. The quantitative estimate of drug-likeness (QED) is 0.483. The van der Waals surface area contributed by atoms with Gasteiger partial charge in [0.1, 0.15) is 17.9 Å². The lowest BCUT2D eigenvalue weighted by molar-refractivity contribution is -0.147. The molecule has 1 aromatic carbocycles. The maximum absolute atomic E-state index is 12.5. The molecule has 0 N–H and O–H groups in total. The molecule has 184 valence electrons. The van der Waals surface area contributed by atoms with Gasteiger partial charge in [0.15, 0.2) is 0 Å². The second-order valence-electron chi connectivity index (χ2n) is 9.27. The Hall–Kier alpha value is -1.86. The summed E-state index contributed by atoms with van der Waals surface area (Å²) in [6, 6.07) is 9.16. The molecule has 0 saturated carbocycles. The van der Waals surface area contributed by atoms with Gasteiger partial charge in [-0.3, -0.25) is 14.7 Å². The van der Waals surface area contributed by atoms with Crippen molar-refractivity contribution in [1.29, 1.82) is 0 Å². The molecule has 0 aliphatic carbocycles. The average molecular weight is 506 g/mol. The first-order chi connectivity index (χ1) is 16.5. The molecule has 2 saturated heterocycles. The number of likely N-dealkylation sites (tertiary alicyclic amines) is 2. The van der Waals surface area contributed by atoms with E-state index >= 15 is 0 Å². The van der Waals surface area contributed by atoms with E-state index < -0.39 is 0 Å². The first-order valence-corrected chi connectivity index (χ1v) is 12.8. The van der Waals surface area contributed by atoms with Crippen molar-refractivity contribution in [2.24, 2.45) is 5.92 Å². The Morgan fingerprint density at radius 1 is 1.03 bits per heavy atom. The normalized spacial score (nSPS) is 19.6. The fourth-order valence-corrected chi connectivity index (χ4v) is 5.29. The van der Waals surface area contributed by atoms with Crippen LogP contribution in [0.5, 0.6) is 5.75 Å². The number of methoxy groups -OCH3 is 1. The van der Waals surface area contributed by atoms with Crippen molar-refractivity contribution in [3.05, 3.63) is 58.3 Å². The zero-order chi connectivity index (χ0) is 23.9. The Labute approximate surface area is 212 Å². The number of carbonyl (C=O) groups excluding carboxylic acids is 1. The van der Waals surface area contributed by atoms with Crippen LogP contribution in [0.15, 0.2) is 42.7 Å². The Morgan fingerprint density at radius 2 is 1.74 bits per heavy atom. The number of halogens is 2. The van der Waals surface area contributed by atoms with Gasteiger partial charge in [-0.1, -0.05) is 23.2 Å². The van der Waals surface area contributed by atoms with Crippen molar-refractivity contribution in [3.63, 3.8) is 0 Å². The number of piperidine rings is 2. The van der Waals surface area contributed by atoms with Gasteiger partial charge in [-0.05, 0) is 80.9 Å². The van der Waals surface area contributed by atoms with Crippen LogP contribution in [0, 0.1) is 5.92 Å². The van der Waals surface area contributed by atoms with Crippen LogP contribution >= 0.6 is 23.2 Å². The third-order valence-corrected chi connectivity index (χ3v) is 7.73. The second-order valence-corrected chi connectivity index (χ2v) is 10.1. The molecule has 3 heterocycles. The van der Waals surface area contributed by atoms with Crippen LogP contribution in [-0.4, -0.2) is 72.7 Å². The smallest absolute Gasteiger partial charge is 0.323 e. The highest BCUT2D eigenvalue weighted by atomic mass is 35.5. The summed E-state index contributed by atoms with van der Waals surface area (Å²) in [6.45, 7) is 5.04. The van der Waals surface area contributed by atoms with Gasteiger partial charge in [0, 0.05) is 38.1 Å². The Balaban J connectivity index is 1.21. The summed E-state index contributed by atoms with van der Waals surface area (Å²) in [5.74, 6) is 1.29. The number of nitrogens with zero attached hydrogens (tertiary/aromatic N) is 3. The third kappa shape index (κ3) is 6.85. The van der Waals surface area contributed by atoms with Crippen molar-refractivity contribution in [2.75, 3.05) is 39.8 Å². The van der Waals surface area contributed by atoms with Gasteiger partial charge in [0.2, 0.25) is 0 Å². The van der Waals surface area contributed by atoms with Crippen LogP contribution in [0.3, 0.4) is 0 Å². The molecular formula is C26H33Cl2N3O3. The van der Waals surface area contributed by atoms with Gasteiger partial charge < -0.3 is 14.4 Å². The SMILES string of the molecule is COC(=O)[C@H](Cc1ccncc1)N1CCC(CN2CCC(Oc3ccc(Cl)c(Cl)c3)CC2)CC1. The lowest BCUT2D eigenvalue weighted by atomic mass is 9.93. The van der Waals surface area contributed by atoms with E-state index in [4.69, 9.17) is 32.7 Å². The number of rotatable bonds is 8. The highest BCUT2D eigenvalue weighted by Gasteiger charge is 2.32. The predicted molar refractivity (Wildman–Crippen MR) is 135 cm³/mol. The summed E-state index contributed by atoms with van der Waals surface area (Å²) >= 11 is 12.1. The molecule has 0 amide bonds. The summed E-state index contributed by atoms with van der Waals surface area (Å²) in [5, 5.41) is 1.07. The van der Waals surface area contributed by atoms with E-state index in [9.17, 15) is 4.79 Å². The number of hydrogen-bond acceptors (Lipinski definition) is 6. The zero-order valence-electron chi connectivity index (χ0n) is 19.7. The van der Waals surface area contributed by atoms with Gasteiger partial charge in [-0.15, -0.1) is 0 Å². The second kappa shape index (κ2) is 12.2. The molecule has 8 heteroatoms. The van der Waals surface area contributed by atoms with Crippen molar-refractivity contribution in [1.82, 2.24) is 14.8 Å². The van der Waals surface area contributed by atoms with Crippen molar-refractivity contribution in [2.45, 2.75) is 44.2 Å². The number of esters is 1. The largest absolute Gasteiger partial charge is 0.490 e. The molecule has 4 rings (SSSR count). The summed E-state index contributed by atoms with van der Waals surface area (Å²) in [7, 11) is 1.48. The minimum atomic E-state index is -0.234. The molecule has 0 bridgehead atoms. The fourth-order valence-electron chi connectivity index (χ4n) is 5.00. The van der Waals surface area contributed by atoms with E-state index in [1.807, 2.05) is 18.2 Å². The maximum Gasteiger partial charge on any atom is 0.323 e. The van der Waals surface area contributed by atoms with Gasteiger partial charge in [0.25, 0.3) is 0 Å². The van der Waals surface area contributed by atoms with Crippen LogP contribution in [0.2, 0.25) is 10.0 Å². The molecule has 0 unspecified atom stereocenters. The van der Waals surface area contributed by atoms with Crippen LogP contribution in [0.4, 0.5) is 0 Å². The zero-order valence-corrected chi connectivity index (χ0v) is 21.2. The van der Waals surface area contributed by atoms with Gasteiger partial charge in [0.05, 0.1) is 17.2 Å².